The number of fused-ring (bicyclic) bond motifs is 3. The highest BCUT2D eigenvalue weighted by molar-refractivity contribution is 6.03. The first-order chi connectivity index (χ1) is 14.5. The molecule has 0 radical (unpaired) electrons. The molecule has 2 N–H and O–H groups in total. The molecule has 1 aliphatic rings. The topological polar surface area (TPSA) is 94.5 Å². The van der Waals surface area contributed by atoms with Crippen molar-refractivity contribution in [2.75, 3.05) is 14.2 Å². The maximum atomic E-state index is 12.5. The predicted molar refractivity (Wildman–Crippen MR) is 108 cm³/mol. The number of hydrogen-bond donors (Lipinski definition) is 2. The van der Waals surface area contributed by atoms with E-state index in [2.05, 4.69) is 0 Å². The molecule has 0 spiro atoms. The van der Waals surface area contributed by atoms with Gasteiger partial charge < -0.3 is 29.2 Å². The van der Waals surface area contributed by atoms with Crippen LogP contribution in [-0.2, 0) is 18.0 Å². The zero-order valence-corrected chi connectivity index (χ0v) is 16.5. The molecular weight excluding hydrogens is 388 g/mol. The Balaban J connectivity index is 1.89. The van der Waals surface area contributed by atoms with Crippen LogP contribution >= 0.6 is 0 Å². The number of phenolic OH excluding ortho intramolecular Hbond substituents is 2. The van der Waals surface area contributed by atoms with Gasteiger partial charge >= 0.3 is 5.97 Å². The normalized spacial score (nSPS) is 12.3. The van der Waals surface area contributed by atoms with Gasteiger partial charge in [0.15, 0.2) is 11.5 Å². The van der Waals surface area contributed by atoms with Gasteiger partial charge in [-0.25, -0.2) is 4.79 Å². The summed E-state index contributed by atoms with van der Waals surface area (Å²) in [7, 11) is 2.90. The highest BCUT2D eigenvalue weighted by Gasteiger charge is 2.31. The molecule has 154 valence electrons. The molecule has 3 aromatic carbocycles. The van der Waals surface area contributed by atoms with E-state index in [4.69, 9.17) is 18.9 Å². The van der Waals surface area contributed by atoms with Gasteiger partial charge in [-0.05, 0) is 17.7 Å². The zero-order valence-electron chi connectivity index (χ0n) is 16.5. The van der Waals surface area contributed by atoms with Crippen LogP contribution in [0.15, 0.2) is 48.5 Å². The molecule has 7 heteroatoms. The maximum Gasteiger partial charge on any atom is 0.342 e. The lowest BCUT2D eigenvalue weighted by Gasteiger charge is -2.18. The zero-order chi connectivity index (χ0) is 21.3. The van der Waals surface area contributed by atoms with E-state index in [1.54, 1.807) is 12.1 Å². The van der Waals surface area contributed by atoms with Crippen molar-refractivity contribution in [3.8, 4) is 39.9 Å². The van der Waals surface area contributed by atoms with Gasteiger partial charge in [0.25, 0.3) is 0 Å². The summed E-state index contributed by atoms with van der Waals surface area (Å²) in [5, 5.41) is 21.5. The van der Waals surface area contributed by atoms with Crippen molar-refractivity contribution in [1.29, 1.82) is 0 Å². The van der Waals surface area contributed by atoms with E-state index in [9.17, 15) is 15.0 Å². The first kappa shape index (κ1) is 19.4. The quantitative estimate of drug-likeness (QED) is 0.616. The fourth-order valence-corrected chi connectivity index (χ4v) is 3.46. The molecule has 0 atom stereocenters. The van der Waals surface area contributed by atoms with Gasteiger partial charge in [0.1, 0.15) is 30.3 Å². The Bertz CT molecular complexity index is 1110. The van der Waals surface area contributed by atoms with Gasteiger partial charge in [0.2, 0.25) is 5.75 Å². The minimum atomic E-state index is -0.702. The van der Waals surface area contributed by atoms with Crippen molar-refractivity contribution in [3.05, 3.63) is 65.2 Å². The molecule has 0 fully saturated rings. The van der Waals surface area contributed by atoms with Crippen LogP contribution in [0, 0.1) is 0 Å². The highest BCUT2D eigenvalue weighted by atomic mass is 16.5. The van der Waals surface area contributed by atoms with Crippen LogP contribution < -0.4 is 14.2 Å². The van der Waals surface area contributed by atoms with Crippen LogP contribution in [0.4, 0.5) is 0 Å². The Hall–Kier alpha value is -3.87. The first-order valence-electron chi connectivity index (χ1n) is 9.21. The molecule has 7 nitrogen and oxygen atoms in total. The summed E-state index contributed by atoms with van der Waals surface area (Å²) in [4.78, 5) is 12.5. The third-order valence-corrected chi connectivity index (χ3v) is 4.91. The van der Waals surface area contributed by atoms with E-state index in [1.807, 2.05) is 30.3 Å². The molecule has 0 saturated carbocycles. The number of ether oxygens (including phenoxy) is 4. The van der Waals surface area contributed by atoms with E-state index in [1.165, 1.54) is 20.3 Å². The number of esters is 1. The number of carbonyl (C=O) groups is 1. The molecule has 0 amide bonds. The standard InChI is InChI=1S/C23H20O7/c1-27-15-9-16-19-14(12-30-23(26)20(16)17(24)10-15)8-18(28-2)22(21(19)25)29-11-13-6-4-3-5-7-13/h3-10,24-25H,11-12H2,1-2H3. The maximum absolute atomic E-state index is 12.5. The fourth-order valence-electron chi connectivity index (χ4n) is 3.46. The SMILES string of the molecule is COc1cc(O)c2c(c1)-c1c(cc(OC)c(OCc3ccccc3)c1O)COC2=O. The van der Waals surface area contributed by atoms with Gasteiger partial charge in [-0.15, -0.1) is 0 Å². The van der Waals surface area contributed by atoms with Crippen molar-refractivity contribution in [1.82, 2.24) is 0 Å². The van der Waals surface area contributed by atoms with E-state index in [0.29, 0.717) is 22.6 Å². The number of methoxy groups -OCH3 is 2. The van der Waals surface area contributed by atoms with Crippen LogP contribution in [-0.4, -0.2) is 30.4 Å². The summed E-state index contributed by atoms with van der Waals surface area (Å²) in [6.45, 7) is 0.0999. The summed E-state index contributed by atoms with van der Waals surface area (Å²) < 4.78 is 21.8. The minimum absolute atomic E-state index is 0.0518. The number of phenols is 2. The molecule has 1 heterocycles. The number of rotatable bonds is 5. The number of cyclic esters (lactones) is 1. The third kappa shape index (κ3) is 3.34. The van der Waals surface area contributed by atoms with E-state index in [-0.39, 0.29) is 41.6 Å². The molecule has 0 aliphatic carbocycles. The highest BCUT2D eigenvalue weighted by Crippen LogP contribution is 2.50. The number of carbonyl (C=O) groups excluding carboxylic acids is 1. The molecular formula is C23H20O7. The lowest BCUT2D eigenvalue weighted by Crippen LogP contribution is -2.04. The van der Waals surface area contributed by atoms with Crippen LogP contribution in [0.2, 0.25) is 0 Å². The lowest BCUT2D eigenvalue weighted by molar-refractivity contribution is 0.0475. The summed E-state index contributed by atoms with van der Waals surface area (Å²) in [6, 6.07) is 14.0. The van der Waals surface area contributed by atoms with Gasteiger partial charge in [-0.1, -0.05) is 30.3 Å². The van der Waals surface area contributed by atoms with Crippen molar-refractivity contribution >= 4 is 5.97 Å². The summed E-state index contributed by atoms with van der Waals surface area (Å²) in [6.07, 6.45) is 0. The number of hydrogen-bond acceptors (Lipinski definition) is 7. The molecule has 0 unspecified atom stereocenters. The van der Waals surface area contributed by atoms with Crippen molar-refractivity contribution in [2.24, 2.45) is 0 Å². The predicted octanol–water partition coefficient (Wildman–Crippen LogP) is 4.03. The lowest BCUT2D eigenvalue weighted by atomic mass is 9.94. The third-order valence-electron chi connectivity index (χ3n) is 4.91. The molecule has 0 bridgehead atoms. The molecule has 1 aliphatic heterocycles. The molecule has 0 aromatic heterocycles. The van der Waals surface area contributed by atoms with Crippen molar-refractivity contribution < 1.29 is 34.0 Å². The minimum Gasteiger partial charge on any atom is -0.507 e. The van der Waals surface area contributed by atoms with Gasteiger partial charge in [0, 0.05) is 22.8 Å². The Kier molecular flexibility index (Phi) is 5.10. The van der Waals surface area contributed by atoms with Crippen LogP contribution in [0.1, 0.15) is 21.5 Å². The van der Waals surface area contributed by atoms with E-state index < -0.39 is 5.97 Å². The van der Waals surface area contributed by atoms with Gasteiger partial charge in [-0.3, -0.25) is 0 Å². The molecule has 30 heavy (non-hydrogen) atoms. The molecule has 0 saturated heterocycles. The fraction of sp³-hybridized carbons (Fsp3) is 0.174. The first-order valence-corrected chi connectivity index (χ1v) is 9.21. The second kappa shape index (κ2) is 7.87. The summed E-state index contributed by atoms with van der Waals surface area (Å²) in [5.74, 6) is -0.464. The average Bonchev–Trinajstić information content (AvgIpc) is 2.90. The van der Waals surface area contributed by atoms with Crippen molar-refractivity contribution in [3.63, 3.8) is 0 Å². The second-order valence-electron chi connectivity index (χ2n) is 6.71. The Morgan fingerprint density at radius 3 is 2.47 bits per heavy atom. The van der Waals surface area contributed by atoms with Gasteiger partial charge in [-0.2, -0.15) is 0 Å². The largest absolute Gasteiger partial charge is 0.507 e. The van der Waals surface area contributed by atoms with Crippen molar-refractivity contribution in [2.45, 2.75) is 13.2 Å². The van der Waals surface area contributed by atoms with Crippen LogP contribution in [0.5, 0.6) is 28.7 Å². The van der Waals surface area contributed by atoms with E-state index >= 15 is 0 Å². The molecule has 3 aromatic rings. The van der Waals surface area contributed by atoms with Gasteiger partial charge in [0.05, 0.1) is 14.2 Å². The van der Waals surface area contributed by atoms with Crippen LogP contribution in [0.25, 0.3) is 11.1 Å². The second-order valence-corrected chi connectivity index (χ2v) is 6.71. The Morgan fingerprint density at radius 1 is 1.00 bits per heavy atom. The summed E-state index contributed by atoms with van der Waals surface area (Å²) >= 11 is 0. The van der Waals surface area contributed by atoms with E-state index in [0.717, 1.165) is 5.56 Å². The molecule has 4 rings (SSSR count). The Morgan fingerprint density at radius 2 is 1.77 bits per heavy atom. The van der Waals surface area contributed by atoms with Crippen LogP contribution in [0.3, 0.4) is 0 Å². The summed E-state index contributed by atoms with van der Waals surface area (Å²) in [5.41, 5.74) is 1.97. The average molecular weight is 408 g/mol. The smallest absolute Gasteiger partial charge is 0.342 e. The monoisotopic (exact) mass is 408 g/mol. The number of aromatic hydroxyl groups is 2. The Labute approximate surface area is 173 Å². The number of benzene rings is 3.